The summed E-state index contributed by atoms with van der Waals surface area (Å²) in [6.45, 7) is 3.62. The van der Waals surface area contributed by atoms with E-state index in [0.717, 1.165) is 6.42 Å². The van der Waals surface area contributed by atoms with E-state index in [1.54, 1.807) is 6.08 Å². The first-order chi connectivity index (χ1) is 3.31. The van der Waals surface area contributed by atoms with Crippen LogP contribution in [-0.2, 0) is 0 Å². The van der Waals surface area contributed by atoms with Crippen LogP contribution < -0.4 is 0 Å². The Labute approximate surface area is 49.5 Å². The second kappa shape index (κ2) is 4.22. The van der Waals surface area contributed by atoms with Crippen molar-refractivity contribution in [2.24, 2.45) is 0 Å². The smallest absolute Gasteiger partial charge is 0.0550 e. The average Bonchev–Trinajstić information content (AvgIpc) is 1.68. The van der Waals surface area contributed by atoms with E-state index >= 15 is 0 Å². The standard InChI is InChI=1S/C5H10OS/c1-2-3-5(7)4-6/h2,5-7H,1,3-4H2. The SMILES string of the molecule is C=CCC(S)CO. The largest absolute Gasteiger partial charge is 0.395 e. The van der Waals surface area contributed by atoms with Gasteiger partial charge in [-0.2, -0.15) is 12.6 Å². The maximum absolute atomic E-state index is 8.34. The molecule has 2 heteroatoms. The molecule has 0 aromatic carbocycles. The van der Waals surface area contributed by atoms with Crippen molar-refractivity contribution < 1.29 is 5.11 Å². The number of rotatable bonds is 3. The summed E-state index contributed by atoms with van der Waals surface area (Å²) >= 11 is 3.99. The summed E-state index contributed by atoms with van der Waals surface area (Å²) in [6, 6.07) is 0. The van der Waals surface area contributed by atoms with Crippen molar-refractivity contribution >= 4 is 12.6 Å². The molecule has 0 saturated heterocycles. The molecule has 7 heavy (non-hydrogen) atoms. The lowest BCUT2D eigenvalue weighted by Crippen LogP contribution is -2.01. The van der Waals surface area contributed by atoms with Gasteiger partial charge in [-0.25, -0.2) is 0 Å². The molecule has 0 amide bonds. The fraction of sp³-hybridized carbons (Fsp3) is 0.600. The lowest BCUT2D eigenvalue weighted by Gasteiger charge is -1.98. The maximum atomic E-state index is 8.34. The third-order valence-electron chi connectivity index (χ3n) is 0.649. The minimum atomic E-state index is 0.0810. The van der Waals surface area contributed by atoms with E-state index in [4.69, 9.17) is 5.11 Å². The van der Waals surface area contributed by atoms with Gasteiger partial charge in [-0.3, -0.25) is 0 Å². The van der Waals surface area contributed by atoms with E-state index in [1.165, 1.54) is 0 Å². The highest BCUT2D eigenvalue weighted by Gasteiger charge is 1.93. The molecule has 0 bridgehead atoms. The number of aliphatic hydroxyl groups excluding tert-OH is 1. The molecule has 1 nitrogen and oxygen atoms in total. The Hall–Kier alpha value is 0.0500. The number of thiol groups is 1. The van der Waals surface area contributed by atoms with Crippen LogP contribution in [0.15, 0.2) is 12.7 Å². The molecule has 0 fully saturated rings. The lowest BCUT2D eigenvalue weighted by molar-refractivity contribution is 0.296. The van der Waals surface area contributed by atoms with Gasteiger partial charge in [0.25, 0.3) is 0 Å². The van der Waals surface area contributed by atoms with Gasteiger partial charge in [-0.05, 0) is 6.42 Å². The molecule has 1 unspecified atom stereocenters. The second-order valence-electron chi connectivity index (χ2n) is 1.36. The first-order valence-corrected chi connectivity index (χ1v) is 2.72. The van der Waals surface area contributed by atoms with E-state index in [-0.39, 0.29) is 11.9 Å². The fourth-order valence-corrected chi connectivity index (χ4v) is 0.416. The molecule has 0 radical (unpaired) electrons. The highest BCUT2D eigenvalue weighted by Crippen LogP contribution is 1.98. The van der Waals surface area contributed by atoms with Gasteiger partial charge in [0, 0.05) is 5.25 Å². The van der Waals surface area contributed by atoms with Crippen LogP contribution in [0.1, 0.15) is 6.42 Å². The summed E-state index contributed by atoms with van der Waals surface area (Å²) in [6.07, 6.45) is 2.52. The van der Waals surface area contributed by atoms with Crippen LogP contribution in [0.5, 0.6) is 0 Å². The molecule has 0 rings (SSSR count). The highest BCUT2D eigenvalue weighted by atomic mass is 32.1. The molecule has 1 N–H and O–H groups in total. The Morgan fingerprint density at radius 1 is 1.86 bits per heavy atom. The molecule has 0 aromatic rings. The van der Waals surface area contributed by atoms with Gasteiger partial charge < -0.3 is 5.11 Å². The Balaban J connectivity index is 2.98. The topological polar surface area (TPSA) is 20.2 Å². The van der Waals surface area contributed by atoms with E-state index < -0.39 is 0 Å². The van der Waals surface area contributed by atoms with Gasteiger partial charge in [0.15, 0.2) is 0 Å². The monoisotopic (exact) mass is 118 g/mol. The molecule has 0 saturated carbocycles. The summed E-state index contributed by atoms with van der Waals surface area (Å²) in [7, 11) is 0. The molecular weight excluding hydrogens is 108 g/mol. The van der Waals surface area contributed by atoms with Crippen molar-refractivity contribution in [3.05, 3.63) is 12.7 Å². The predicted molar refractivity (Wildman–Crippen MR) is 34.7 cm³/mol. The number of hydrogen-bond donors (Lipinski definition) is 2. The van der Waals surface area contributed by atoms with Crippen LogP contribution in [0, 0.1) is 0 Å². The van der Waals surface area contributed by atoms with Crippen LogP contribution in [0.4, 0.5) is 0 Å². The number of allylic oxidation sites excluding steroid dienone is 1. The third kappa shape index (κ3) is 3.89. The van der Waals surface area contributed by atoms with Crippen molar-refractivity contribution in [2.45, 2.75) is 11.7 Å². The average molecular weight is 118 g/mol. The second-order valence-corrected chi connectivity index (χ2v) is 2.09. The molecule has 0 aliphatic carbocycles. The van der Waals surface area contributed by atoms with Gasteiger partial charge in [-0.15, -0.1) is 6.58 Å². The van der Waals surface area contributed by atoms with Crippen molar-refractivity contribution in [3.8, 4) is 0 Å². The van der Waals surface area contributed by atoms with Crippen molar-refractivity contribution in [3.63, 3.8) is 0 Å². The van der Waals surface area contributed by atoms with Gasteiger partial charge in [0.05, 0.1) is 6.61 Å². The normalized spacial score (nSPS) is 13.4. The van der Waals surface area contributed by atoms with Crippen LogP contribution >= 0.6 is 12.6 Å². The summed E-state index contributed by atoms with van der Waals surface area (Å²) in [5.74, 6) is 0. The fourth-order valence-electron chi connectivity index (χ4n) is 0.267. The Kier molecular flexibility index (Phi) is 4.25. The summed E-state index contributed by atoms with van der Waals surface area (Å²) < 4.78 is 0. The van der Waals surface area contributed by atoms with Crippen LogP contribution in [0.2, 0.25) is 0 Å². The van der Waals surface area contributed by atoms with Crippen molar-refractivity contribution in [1.29, 1.82) is 0 Å². The Morgan fingerprint density at radius 2 is 2.43 bits per heavy atom. The van der Waals surface area contributed by atoms with Gasteiger partial charge in [-0.1, -0.05) is 6.08 Å². The zero-order valence-corrected chi connectivity index (χ0v) is 5.06. The minimum absolute atomic E-state index is 0.0810. The third-order valence-corrected chi connectivity index (χ3v) is 1.02. The molecule has 0 aliphatic rings. The predicted octanol–water partition coefficient (Wildman–Crippen LogP) is 0.853. The molecule has 0 spiro atoms. The number of aliphatic hydroxyl groups is 1. The molecule has 0 heterocycles. The summed E-state index contributed by atoms with van der Waals surface area (Å²) in [5, 5.41) is 8.42. The van der Waals surface area contributed by atoms with Crippen LogP contribution in [0.25, 0.3) is 0 Å². The van der Waals surface area contributed by atoms with E-state index in [0.29, 0.717) is 0 Å². The van der Waals surface area contributed by atoms with E-state index in [1.807, 2.05) is 0 Å². The highest BCUT2D eigenvalue weighted by molar-refractivity contribution is 7.81. The maximum Gasteiger partial charge on any atom is 0.0550 e. The molecule has 42 valence electrons. The van der Waals surface area contributed by atoms with E-state index in [2.05, 4.69) is 19.2 Å². The van der Waals surface area contributed by atoms with Crippen LogP contribution in [-0.4, -0.2) is 17.0 Å². The quantitative estimate of drug-likeness (QED) is 0.416. The molecule has 1 atom stereocenters. The summed E-state index contributed by atoms with van der Waals surface area (Å²) in [5.41, 5.74) is 0. The van der Waals surface area contributed by atoms with Gasteiger partial charge in [0.2, 0.25) is 0 Å². The van der Waals surface area contributed by atoms with Gasteiger partial charge in [0.1, 0.15) is 0 Å². The molecule has 0 aliphatic heterocycles. The zero-order chi connectivity index (χ0) is 5.70. The van der Waals surface area contributed by atoms with Crippen molar-refractivity contribution in [2.75, 3.05) is 6.61 Å². The first-order valence-electron chi connectivity index (χ1n) is 2.21. The molecular formula is C5H10OS. The van der Waals surface area contributed by atoms with E-state index in [9.17, 15) is 0 Å². The molecule has 0 aromatic heterocycles. The summed E-state index contributed by atoms with van der Waals surface area (Å²) in [4.78, 5) is 0. The van der Waals surface area contributed by atoms with Crippen molar-refractivity contribution in [1.82, 2.24) is 0 Å². The van der Waals surface area contributed by atoms with Gasteiger partial charge >= 0.3 is 0 Å². The zero-order valence-electron chi connectivity index (χ0n) is 4.17. The lowest BCUT2D eigenvalue weighted by atomic mass is 10.3. The van der Waals surface area contributed by atoms with Crippen LogP contribution in [0.3, 0.4) is 0 Å². The Bertz CT molecular complexity index is 54.0. The number of hydrogen-bond acceptors (Lipinski definition) is 2. The first kappa shape index (κ1) is 7.05. The Morgan fingerprint density at radius 3 is 2.57 bits per heavy atom. The minimum Gasteiger partial charge on any atom is -0.395 e.